The molecule has 0 aromatic carbocycles. The Kier molecular flexibility index (Phi) is 3.35. The summed E-state index contributed by atoms with van der Waals surface area (Å²) in [7, 11) is 0. The molecule has 5 nitrogen and oxygen atoms in total. The molecule has 3 heterocycles. The number of nitrogens with two attached hydrogens (primary N) is 1. The van der Waals surface area contributed by atoms with Gasteiger partial charge < -0.3 is 5.73 Å². The first-order valence-electron chi connectivity index (χ1n) is 7.16. The number of piperidine rings is 1. The quantitative estimate of drug-likeness (QED) is 0.869. The van der Waals surface area contributed by atoms with Crippen molar-refractivity contribution in [1.29, 1.82) is 0 Å². The smallest absolute Gasteiger partial charge is 0.141 e. The lowest BCUT2D eigenvalue weighted by atomic mass is 9.98. The van der Waals surface area contributed by atoms with Gasteiger partial charge in [0.15, 0.2) is 0 Å². The molecule has 2 saturated heterocycles. The van der Waals surface area contributed by atoms with E-state index >= 15 is 0 Å². The first-order chi connectivity index (χ1) is 8.78. The van der Waals surface area contributed by atoms with Crippen LogP contribution in [0, 0.1) is 0 Å². The Morgan fingerprint density at radius 2 is 2.06 bits per heavy atom. The number of hydrogen-bond acceptors (Lipinski definition) is 4. The second-order valence-corrected chi connectivity index (χ2v) is 5.69. The van der Waals surface area contributed by atoms with Gasteiger partial charge in [-0.3, -0.25) is 4.90 Å². The van der Waals surface area contributed by atoms with Crippen LogP contribution >= 0.6 is 0 Å². The van der Waals surface area contributed by atoms with Gasteiger partial charge in [-0.15, -0.1) is 0 Å². The van der Waals surface area contributed by atoms with E-state index in [1.54, 1.807) is 6.33 Å². The zero-order valence-corrected chi connectivity index (χ0v) is 11.1. The van der Waals surface area contributed by atoms with Crippen molar-refractivity contribution in [3.63, 3.8) is 0 Å². The fraction of sp³-hybridized carbons (Fsp3) is 0.846. The van der Waals surface area contributed by atoms with Crippen molar-refractivity contribution in [2.24, 2.45) is 5.73 Å². The van der Waals surface area contributed by atoms with E-state index in [-0.39, 0.29) is 0 Å². The van der Waals surface area contributed by atoms with E-state index < -0.39 is 0 Å². The summed E-state index contributed by atoms with van der Waals surface area (Å²) < 4.78 is 2.05. The Labute approximate surface area is 108 Å². The molecule has 1 aromatic rings. The van der Waals surface area contributed by atoms with Gasteiger partial charge in [-0.05, 0) is 32.1 Å². The zero-order chi connectivity index (χ0) is 12.5. The normalized spacial score (nSPS) is 32.0. The van der Waals surface area contributed by atoms with Gasteiger partial charge in [0, 0.05) is 24.7 Å². The molecular formula is C13H23N5. The summed E-state index contributed by atoms with van der Waals surface area (Å²) in [5.41, 5.74) is 6.11. The minimum atomic E-state index is 0.410. The number of rotatable bonds is 4. The van der Waals surface area contributed by atoms with Gasteiger partial charge in [0.05, 0.1) is 6.54 Å². The Hall–Kier alpha value is -0.940. The van der Waals surface area contributed by atoms with Gasteiger partial charge in [-0.1, -0.05) is 6.92 Å². The minimum absolute atomic E-state index is 0.410. The topological polar surface area (TPSA) is 60.0 Å². The SMILES string of the molecule is CCCn1ncnc1CN1C2CCC1CC(N)C2. The second kappa shape index (κ2) is 4.97. The maximum Gasteiger partial charge on any atom is 0.141 e. The molecule has 0 saturated carbocycles. The number of aryl methyl sites for hydroxylation is 1. The molecule has 1 aromatic heterocycles. The number of nitrogens with zero attached hydrogens (tertiary/aromatic N) is 4. The van der Waals surface area contributed by atoms with Crippen molar-refractivity contribution < 1.29 is 0 Å². The van der Waals surface area contributed by atoms with Gasteiger partial charge >= 0.3 is 0 Å². The molecule has 18 heavy (non-hydrogen) atoms. The monoisotopic (exact) mass is 249 g/mol. The second-order valence-electron chi connectivity index (χ2n) is 5.69. The van der Waals surface area contributed by atoms with Gasteiger partial charge in [-0.25, -0.2) is 9.67 Å². The van der Waals surface area contributed by atoms with Crippen LogP contribution in [0.4, 0.5) is 0 Å². The maximum atomic E-state index is 6.11. The first kappa shape index (κ1) is 12.1. The molecule has 2 N–H and O–H groups in total. The van der Waals surface area contributed by atoms with E-state index in [0.717, 1.165) is 38.2 Å². The highest BCUT2D eigenvalue weighted by Gasteiger charge is 2.39. The Morgan fingerprint density at radius 1 is 1.33 bits per heavy atom. The fourth-order valence-electron chi connectivity index (χ4n) is 3.55. The minimum Gasteiger partial charge on any atom is -0.328 e. The van der Waals surface area contributed by atoms with E-state index in [0.29, 0.717) is 18.1 Å². The zero-order valence-electron chi connectivity index (χ0n) is 11.1. The predicted octanol–water partition coefficient (Wildman–Crippen LogP) is 1.14. The Balaban J connectivity index is 1.71. The molecule has 0 spiro atoms. The molecule has 5 heteroatoms. The lowest BCUT2D eigenvalue weighted by molar-refractivity contribution is 0.114. The van der Waals surface area contributed by atoms with Gasteiger partial charge in [-0.2, -0.15) is 5.10 Å². The number of aromatic nitrogens is 3. The van der Waals surface area contributed by atoms with Crippen LogP contribution in [0.1, 0.15) is 44.9 Å². The highest BCUT2D eigenvalue weighted by atomic mass is 15.4. The van der Waals surface area contributed by atoms with Crippen LogP contribution < -0.4 is 5.73 Å². The van der Waals surface area contributed by atoms with Crippen molar-refractivity contribution in [1.82, 2.24) is 19.7 Å². The molecule has 100 valence electrons. The van der Waals surface area contributed by atoms with Crippen LogP contribution in [0.5, 0.6) is 0 Å². The molecule has 3 rings (SSSR count). The van der Waals surface area contributed by atoms with E-state index in [9.17, 15) is 0 Å². The average molecular weight is 249 g/mol. The van der Waals surface area contributed by atoms with Crippen LogP contribution in [0.15, 0.2) is 6.33 Å². The summed E-state index contributed by atoms with van der Waals surface area (Å²) in [6.45, 7) is 4.09. The van der Waals surface area contributed by atoms with Crippen LogP contribution in [-0.2, 0) is 13.1 Å². The molecule has 0 amide bonds. The van der Waals surface area contributed by atoms with E-state index in [1.165, 1.54) is 12.8 Å². The Morgan fingerprint density at radius 3 is 2.72 bits per heavy atom. The summed E-state index contributed by atoms with van der Waals surface area (Å²) in [5.74, 6) is 1.12. The average Bonchev–Trinajstić information content (AvgIpc) is 2.86. The van der Waals surface area contributed by atoms with E-state index in [1.807, 2.05) is 4.68 Å². The van der Waals surface area contributed by atoms with Crippen LogP contribution in [0.2, 0.25) is 0 Å². The molecule has 2 aliphatic heterocycles. The summed E-state index contributed by atoms with van der Waals surface area (Å²) in [6, 6.07) is 1.75. The molecule has 2 unspecified atom stereocenters. The lowest BCUT2D eigenvalue weighted by Gasteiger charge is -2.37. The van der Waals surface area contributed by atoms with Crippen molar-refractivity contribution in [3.05, 3.63) is 12.2 Å². The highest BCUT2D eigenvalue weighted by molar-refractivity contribution is 4.99. The van der Waals surface area contributed by atoms with Crippen molar-refractivity contribution in [2.75, 3.05) is 0 Å². The van der Waals surface area contributed by atoms with Crippen LogP contribution in [0.25, 0.3) is 0 Å². The molecule has 0 aliphatic carbocycles. The van der Waals surface area contributed by atoms with Crippen LogP contribution in [0.3, 0.4) is 0 Å². The summed E-state index contributed by atoms with van der Waals surface area (Å²) >= 11 is 0. The van der Waals surface area contributed by atoms with Crippen molar-refractivity contribution in [2.45, 2.75) is 70.2 Å². The van der Waals surface area contributed by atoms with Crippen molar-refractivity contribution >= 4 is 0 Å². The molecule has 2 fully saturated rings. The molecule has 0 radical (unpaired) electrons. The molecule has 2 atom stereocenters. The van der Waals surface area contributed by atoms with E-state index in [4.69, 9.17) is 5.73 Å². The molecule has 2 bridgehead atoms. The largest absolute Gasteiger partial charge is 0.328 e. The van der Waals surface area contributed by atoms with E-state index in [2.05, 4.69) is 21.9 Å². The maximum absolute atomic E-state index is 6.11. The van der Waals surface area contributed by atoms with Gasteiger partial charge in [0.1, 0.15) is 12.2 Å². The third-order valence-electron chi connectivity index (χ3n) is 4.38. The van der Waals surface area contributed by atoms with Gasteiger partial charge in [0.25, 0.3) is 0 Å². The highest BCUT2D eigenvalue weighted by Crippen LogP contribution is 2.35. The standard InChI is InChI=1S/C13H23N5/c1-2-5-18-13(15-9-16-18)8-17-11-3-4-12(17)7-10(14)6-11/h9-12H,2-8,14H2,1H3. The van der Waals surface area contributed by atoms with Crippen LogP contribution in [-0.4, -0.2) is 37.8 Å². The number of hydrogen-bond donors (Lipinski definition) is 1. The number of fused-ring (bicyclic) bond motifs is 2. The molecular weight excluding hydrogens is 226 g/mol. The first-order valence-corrected chi connectivity index (χ1v) is 7.16. The summed E-state index contributed by atoms with van der Waals surface area (Å²) in [6.07, 6.45) is 7.70. The van der Waals surface area contributed by atoms with Gasteiger partial charge in [0.2, 0.25) is 0 Å². The molecule has 2 aliphatic rings. The third kappa shape index (κ3) is 2.17. The summed E-state index contributed by atoms with van der Waals surface area (Å²) in [4.78, 5) is 7.03. The summed E-state index contributed by atoms with van der Waals surface area (Å²) in [5, 5.41) is 4.31. The van der Waals surface area contributed by atoms with Crippen molar-refractivity contribution in [3.8, 4) is 0 Å². The fourth-order valence-corrected chi connectivity index (χ4v) is 3.55. The third-order valence-corrected chi connectivity index (χ3v) is 4.38. The Bertz CT molecular complexity index is 388. The predicted molar refractivity (Wildman–Crippen MR) is 69.9 cm³/mol. The lowest BCUT2D eigenvalue weighted by Crippen LogP contribution is -2.47.